The first-order valence-corrected chi connectivity index (χ1v) is 8.75. The molecule has 1 fully saturated rings. The maximum absolute atomic E-state index is 12.6. The number of hydrogen-bond donors (Lipinski definition) is 0. The standard InChI is InChI=1S/C21H22N2O3/c1-12-19(25-3)7-14(8-20(12)26-4)17-11-23(2)21(24)16-10-22-18(9-15(16)17)13-5-6-13/h7-11,13H,5-6H2,1-4H3. The Balaban J connectivity index is 2.03. The van der Waals surface area contributed by atoms with Crippen LogP contribution < -0.4 is 15.0 Å². The zero-order chi connectivity index (χ0) is 18.4. The molecule has 2 heterocycles. The van der Waals surface area contributed by atoms with Crippen LogP contribution in [-0.2, 0) is 7.05 Å². The van der Waals surface area contributed by atoms with Crippen molar-refractivity contribution in [1.29, 1.82) is 0 Å². The number of nitrogens with zero attached hydrogens (tertiary/aromatic N) is 2. The van der Waals surface area contributed by atoms with Crippen molar-refractivity contribution in [2.45, 2.75) is 25.7 Å². The number of rotatable bonds is 4. The number of fused-ring (bicyclic) bond motifs is 1. The van der Waals surface area contributed by atoms with Gasteiger partial charge in [0.1, 0.15) is 11.5 Å². The van der Waals surface area contributed by atoms with Gasteiger partial charge in [0.25, 0.3) is 5.56 Å². The fourth-order valence-electron chi connectivity index (χ4n) is 3.45. The van der Waals surface area contributed by atoms with Gasteiger partial charge in [-0.15, -0.1) is 0 Å². The second kappa shape index (κ2) is 6.16. The van der Waals surface area contributed by atoms with E-state index in [2.05, 4.69) is 11.1 Å². The van der Waals surface area contributed by atoms with Crippen molar-refractivity contribution < 1.29 is 9.47 Å². The largest absolute Gasteiger partial charge is 0.496 e. The summed E-state index contributed by atoms with van der Waals surface area (Å²) in [6.07, 6.45) is 5.94. The van der Waals surface area contributed by atoms with Gasteiger partial charge < -0.3 is 14.0 Å². The summed E-state index contributed by atoms with van der Waals surface area (Å²) in [7, 11) is 5.07. The van der Waals surface area contributed by atoms with Crippen molar-refractivity contribution in [2.75, 3.05) is 14.2 Å². The molecular formula is C21H22N2O3. The molecule has 26 heavy (non-hydrogen) atoms. The number of methoxy groups -OCH3 is 2. The van der Waals surface area contributed by atoms with Crippen LogP contribution in [0.25, 0.3) is 21.9 Å². The Labute approximate surface area is 152 Å². The first kappa shape index (κ1) is 16.6. The summed E-state index contributed by atoms with van der Waals surface area (Å²) in [5.41, 5.74) is 3.91. The van der Waals surface area contributed by atoms with Gasteiger partial charge in [0.15, 0.2) is 0 Å². The molecule has 0 spiro atoms. The summed E-state index contributed by atoms with van der Waals surface area (Å²) in [4.78, 5) is 17.1. The van der Waals surface area contributed by atoms with Crippen LogP contribution in [0.2, 0.25) is 0 Å². The Hall–Kier alpha value is -2.82. The lowest BCUT2D eigenvalue weighted by Gasteiger charge is -2.15. The molecule has 2 aromatic heterocycles. The lowest BCUT2D eigenvalue weighted by Crippen LogP contribution is -2.17. The third kappa shape index (κ3) is 2.64. The minimum absolute atomic E-state index is 0.0374. The highest BCUT2D eigenvalue weighted by Crippen LogP contribution is 2.41. The molecule has 0 unspecified atom stereocenters. The molecule has 0 radical (unpaired) electrons. The molecule has 1 aliphatic carbocycles. The van der Waals surface area contributed by atoms with E-state index in [9.17, 15) is 4.79 Å². The molecule has 1 saturated carbocycles. The average molecular weight is 350 g/mol. The molecular weight excluding hydrogens is 328 g/mol. The van der Waals surface area contributed by atoms with Crippen LogP contribution in [0.5, 0.6) is 11.5 Å². The van der Waals surface area contributed by atoms with Gasteiger partial charge in [0.2, 0.25) is 0 Å². The summed E-state index contributed by atoms with van der Waals surface area (Å²) >= 11 is 0. The summed E-state index contributed by atoms with van der Waals surface area (Å²) in [5.74, 6) is 2.05. The van der Waals surface area contributed by atoms with Gasteiger partial charge in [-0.05, 0) is 48.9 Å². The van der Waals surface area contributed by atoms with E-state index in [1.807, 2.05) is 25.3 Å². The molecule has 1 aromatic carbocycles. The van der Waals surface area contributed by atoms with E-state index in [-0.39, 0.29) is 5.56 Å². The van der Waals surface area contributed by atoms with Gasteiger partial charge in [0, 0.05) is 42.2 Å². The molecule has 0 saturated heterocycles. The first-order chi connectivity index (χ1) is 12.5. The highest BCUT2D eigenvalue weighted by Gasteiger charge is 2.26. The molecule has 0 N–H and O–H groups in total. The number of ether oxygens (including phenoxy) is 2. The maximum atomic E-state index is 12.6. The highest BCUT2D eigenvalue weighted by atomic mass is 16.5. The maximum Gasteiger partial charge on any atom is 0.259 e. The molecule has 3 aromatic rings. The number of pyridine rings is 2. The summed E-state index contributed by atoms with van der Waals surface area (Å²) in [6.45, 7) is 1.97. The lowest BCUT2D eigenvalue weighted by molar-refractivity contribution is 0.389. The average Bonchev–Trinajstić information content (AvgIpc) is 3.50. The Morgan fingerprint density at radius 1 is 1.08 bits per heavy atom. The number of aromatic nitrogens is 2. The lowest BCUT2D eigenvalue weighted by atomic mass is 9.98. The molecule has 5 heteroatoms. The zero-order valence-corrected chi connectivity index (χ0v) is 15.5. The van der Waals surface area contributed by atoms with Crippen molar-refractivity contribution >= 4 is 10.8 Å². The van der Waals surface area contributed by atoms with Crippen molar-refractivity contribution in [3.63, 3.8) is 0 Å². The third-order valence-electron chi connectivity index (χ3n) is 5.15. The second-order valence-corrected chi connectivity index (χ2v) is 6.89. The monoisotopic (exact) mass is 350 g/mol. The van der Waals surface area contributed by atoms with Gasteiger partial charge in [-0.25, -0.2) is 0 Å². The number of benzene rings is 1. The fourth-order valence-corrected chi connectivity index (χ4v) is 3.45. The molecule has 5 nitrogen and oxygen atoms in total. The van der Waals surface area contributed by atoms with Gasteiger partial charge in [-0.3, -0.25) is 9.78 Å². The predicted molar refractivity (Wildman–Crippen MR) is 102 cm³/mol. The molecule has 134 valence electrons. The van der Waals surface area contributed by atoms with Crippen LogP contribution in [0.15, 0.2) is 35.4 Å². The Kier molecular flexibility index (Phi) is 3.94. The Bertz CT molecular complexity index is 1040. The minimum Gasteiger partial charge on any atom is -0.496 e. The van der Waals surface area contributed by atoms with Crippen molar-refractivity contribution in [1.82, 2.24) is 9.55 Å². The van der Waals surface area contributed by atoms with Gasteiger partial charge in [-0.2, -0.15) is 0 Å². The van der Waals surface area contributed by atoms with E-state index in [0.29, 0.717) is 11.3 Å². The van der Waals surface area contributed by atoms with E-state index in [1.165, 1.54) is 12.8 Å². The van der Waals surface area contributed by atoms with Gasteiger partial charge >= 0.3 is 0 Å². The zero-order valence-electron chi connectivity index (χ0n) is 15.5. The number of aryl methyl sites for hydroxylation is 1. The van der Waals surface area contributed by atoms with E-state index >= 15 is 0 Å². The van der Waals surface area contributed by atoms with E-state index in [0.717, 1.165) is 39.3 Å². The van der Waals surface area contributed by atoms with Crippen molar-refractivity contribution in [3.8, 4) is 22.6 Å². The smallest absolute Gasteiger partial charge is 0.259 e. The molecule has 0 atom stereocenters. The third-order valence-corrected chi connectivity index (χ3v) is 5.15. The molecule has 1 aliphatic rings. The van der Waals surface area contributed by atoms with Crippen LogP contribution >= 0.6 is 0 Å². The quantitative estimate of drug-likeness (QED) is 0.718. The topological polar surface area (TPSA) is 53.4 Å². The Morgan fingerprint density at radius 2 is 1.73 bits per heavy atom. The molecule has 0 amide bonds. The summed E-state index contributed by atoms with van der Waals surface area (Å²) < 4.78 is 12.7. The van der Waals surface area contributed by atoms with Crippen LogP contribution in [0.4, 0.5) is 0 Å². The number of hydrogen-bond acceptors (Lipinski definition) is 4. The van der Waals surface area contributed by atoms with Gasteiger partial charge in [0.05, 0.1) is 19.6 Å². The first-order valence-electron chi connectivity index (χ1n) is 8.75. The summed E-state index contributed by atoms with van der Waals surface area (Å²) in [5, 5.41) is 1.56. The van der Waals surface area contributed by atoms with Gasteiger partial charge in [-0.1, -0.05) is 0 Å². The van der Waals surface area contributed by atoms with E-state index < -0.39 is 0 Å². The molecule has 4 rings (SSSR count). The molecule has 0 bridgehead atoms. The predicted octanol–water partition coefficient (Wildman–Crippen LogP) is 3.80. The second-order valence-electron chi connectivity index (χ2n) is 6.89. The van der Waals surface area contributed by atoms with Crippen molar-refractivity contribution in [3.05, 3.63) is 52.2 Å². The Morgan fingerprint density at radius 3 is 2.31 bits per heavy atom. The minimum atomic E-state index is -0.0374. The van der Waals surface area contributed by atoms with Crippen LogP contribution in [0.3, 0.4) is 0 Å². The highest BCUT2D eigenvalue weighted by molar-refractivity contribution is 5.96. The molecule has 0 aliphatic heterocycles. The fraction of sp³-hybridized carbons (Fsp3) is 0.333. The SMILES string of the molecule is COc1cc(-c2cn(C)c(=O)c3cnc(C4CC4)cc23)cc(OC)c1C. The summed E-state index contributed by atoms with van der Waals surface area (Å²) in [6, 6.07) is 6.06. The van der Waals surface area contributed by atoms with E-state index in [4.69, 9.17) is 9.47 Å². The normalized spacial score (nSPS) is 13.8. The van der Waals surface area contributed by atoms with Crippen LogP contribution in [0, 0.1) is 6.92 Å². The van der Waals surface area contributed by atoms with Crippen molar-refractivity contribution in [2.24, 2.45) is 7.05 Å². The van der Waals surface area contributed by atoms with Crippen LogP contribution in [-0.4, -0.2) is 23.8 Å². The van der Waals surface area contributed by atoms with E-state index in [1.54, 1.807) is 32.0 Å². The van der Waals surface area contributed by atoms with Crippen LogP contribution in [0.1, 0.15) is 30.0 Å².